The fourth-order valence-electron chi connectivity index (χ4n) is 1.84. The maximum Gasteiger partial charge on any atom is 0.332 e. The molecular weight excluding hydrogens is 252 g/mol. The van der Waals surface area contributed by atoms with Crippen molar-refractivity contribution in [3.63, 3.8) is 0 Å². The molecule has 110 valence electrons. The van der Waals surface area contributed by atoms with Gasteiger partial charge in [-0.2, -0.15) is 0 Å². The van der Waals surface area contributed by atoms with Crippen LogP contribution in [0, 0.1) is 0 Å². The molecule has 1 saturated heterocycles. The van der Waals surface area contributed by atoms with Crippen LogP contribution in [0.3, 0.4) is 0 Å². The predicted molar refractivity (Wildman–Crippen MR) is 66.6 cm³/mol. The zero-order chi connectivity index (χ0) is 14.3. The summed E-state index contributed by atoms with van der Waals surface area (Å²) >= 11 is 0. The van der Waals surface area contributed by atoms with Gasteiger partial charge >= 0.3 is 5.97 Å². The van der Waals surface area contributed by atoms with Crippen molar-refractivity contribution in [1.29, 1.82) is 0 Å². The number of ether oxygens (including phenoxy) is 4. The largest absolute Gasteiger partial charge is 0.464 e. The summed E-state index contributed by atoms with van der Waals surface area (Å²) in [5.41, 5.74) is 0. The normalized spacial score (nSPS) is 30.3. The SMILES string of the molecule is CCOC(=O)COCC[C@@H]1OC(C)(CC)O[C@@H]1C=O. The van der Waals surface area contributed by atoms with Crippen LogP contribution in [0.4, 0.5) is 0 Å². The molecule has 1 unspecified atom stereocenters. The second kappa shape index (κ2) is 7.57. The van der Waals surface area contributed by atoms with Crippen molar-refractivity contribution in [2.24, 2.45) is 0 Å². The number of esters is 1. The highest BCUT2D eigenvalue weighted by atomic mass is 16.8. The van der Waals surface area contributed by atoms with Gasteiger partial charge in [-0.1, -0.05) is 6.92 Å². The molecule has 0 radical (unpaired) electrons. The molecule has 1 fully saturated rings. The van der Waals surface area contributed by atoms with E-state index in [0.29, 0.717) is 26.1 Å². The summed E-state index contributed by atoms with van der Waals surface area (Å²) in [5.74, 6) is -1.10. The zero-order valence-corrected chi connectivity index (χ0v) is 11.7. The first-order valence-electron chi connectivity index (χ1n) is 6.59. The standard InChI is InChI=1S/C13H22O6/c1-4-13(3)18-10(11(8-14)19-13)6-7-16-9-12(15)17-5-2/h8,10-11H,4-7,9H2,1-3H3/t10-,11+,13?/m0/s1. The molecule has 0 spiro atoms. The summed E-state index contributed by atoms with van der Waals surface area (Å²) in [4.78, 5) is 22.0. The smallest absolute Gasteiger partial charge is 0.332 e. The molecule has 1 aliphatic rings. The maximum atomic E-state index is 11.0. The average Bonchev–Trinajstić information content (AvgIpc) is 2.72. The van der Waals surface area contributed by atoms with E-state index in [2.05, 4.69) is 0 Å². The number of hydrogen-bond acceptors (Lipinski definition) is 6. The van der Waals surface area contributed by atoms with Crippen LogP contribution in [-0.4, -0.2) is 50.1 Å². The van der Waals surface area contributed by atoms with Crippen molar-refractivity contribution < 1.29 is 28.5 Å². The molecule has 1 rings (SSSR count). The van der Waals surface area contributed by atoms with E-state index < -0.39 is 17.9 Å². The van der Waals surface area contributed by atoms with E-state index in [4.69, 9.17) is 18.9 Å². The molecule has 19 heavy (non-hydrogen) atoms. The molecule has 0 aromatic rings. The Morgan fingerprint density at radius 2 is 2.11 bits per heavy atom. The average molecular weight is 274 g/mol. The first-order valence-corrected chi connectivity index (χ1v) is 6.59. The summed E-state index contributed by atoms with van der Waals surface area (Å²) in [7, 11) is 0. The van der Waals surface area contributed by atoms with Gasteiger partial charge in [-0.3, -0.25) is 0 Å². The molecule has 0 amide bonds. The van der Waals surface area contributed by atoms with Gasteiger partial charge in [0.15, 0.2) is 12.1 Å². The molecule has 0 aliphatic carbocycles. The lowest BCUT2D eigenvalue weighted by molar-refractivity contribution is -0.165. The van der Waals surface area contributed by atoms with E-state index in [1.807, 2.05) is 13.8 Å². The quantitative estimate of drug-likeness (QED) is 0.374. The van der Waals surface area contributed by atoms with Crippen molar-refractivity contribution in [3.05, 3.63) is 0 Å². The minimum Gasteiger partial charge on any atom is -0.464 e. The molecule has 0 aromatic heterocycles. The van der Waals surface area contributed by atoms with E-state index in [9.17, 15) is 9.59 Å². The molecule has 1 aliphatic heterocycles. The third kappa shape index (κ3) is 4.89. The van der Waals surface area contributed by atoms with Gasteiger partial charge in [-0.15, -0.1) is 0 Å². The Hall–Kier alpha value is -0.980. The molecule has 0 saturated carbocycles. The number of carbonyl (C=O) groups excluding carboxylic acids is 2. The Morgan fingerprint density at radius 3 is 2.68 bits per heavy atom. The van der Waals surface area contributed by atoms with Gasteiger partial charge in [0, 0.05) is 13.0 Å². The number of aldehydes is 1. The van der Waals surface area contributed by atoms with Gasteiger partial charge in [0.1, 0.15) is 12.7 Å². The third-order valence-electron chi connectivity index (χ3n) is 3.00. The van der Waals surface area contributed by atoms with Crippen LogP contribution in [0.25, 0.3) is 0 Å². The molecule has 6 nitrogen and oxygen atoms in total. The van der Waals surface area contributed by atoms with Crippen LogP contribution in [0.5, 0.6) is 0 Å². The Morgan fingerprint density at radius 1 is 1.37 bits per heavy atom. The monoisotopic (exact) mass is 274 g/mol. The zero-order valence-electron chi connectivity index (χ0n) is 11.7. The van der Waals surface area contributed by atoms with Crippen molar-refractivity contribution in [2.75, 3.05) is 19.8 Å². The van der Waals surface area contributed by atoms with E-state index in [1.165, 1.54) is 0 Å². The van der Waals surface area contributed by atoms with Gasteiger partial charge < -0.3 is 23.7 Å². The van der Waals surface area contributed by atoms with Crippen LogP contribution < -0.4 is 0 Å². The highest BCUT2D eigenvalue weighted by Crippen LogP contribution is 2.31. The molecule has 1 heterocycles. The topological polar surface area (TPSA) is 71.1 Å². The first-order chi connectivity index (χ1) is 9.04. The minimum absolute atomic E-state index is 0.0851. The fourth-order valence-corrected chi connectivity index (χ4v) is 1.84. The molecular formula is C13H22O6. The summed E-state index contributed by atoms with van der Waals surface area (Å²) < 4.78 is 21.2. The van der Waals surface area contributed by atoms with Crippen molar-refractivity contribution in [1.82, 2.24) is 0 Å². The highest BCUT2D eigenvalue weighted by Gasteiger charge is 2.42. The van der Waals surface area contributed by atoms with E-state index in [1.54, 1.807) is 6.92 Å². The Labute approximate surface area is 113 Å². The Balaban J connectivity index is 2.28. The van der Waals surface area contributed by atoms with Gasteiger partial charge in [0.25, 0.3) is 0 Å². The lowest BCUT2D eigenvalue weighted by atomic mass is 10.2. The molecule has 0 N–H and O–H groups in total. The van der Waals surface area contributed by atoms with E-state index >= 15 is 0 Å². The first kappa shape index (κ1) is 16.1. The predicted octanol–water partition coefficient (Wildman–Crippen LogP) is 1.07. The lowest BCUT2D eigenvalue weighted by Gasteiger charge is -2.20. The van der Waals surface area contributed by atoms with Gasteiger partial charge in [0.05, 0.1) is 12.7 Å². The van der Waals surface area contributed by atoms with Crippen LogP contribution >= 0.6 is 0 Å². The van der Waals surface area contributed by atoms with Gasteiger partial charge in [0.2, 0.25) is 0 Å². The van der Waals surface area contributed by atoms with Crippen molar-refractivity contribution in [3.8, 4) is 0 Å². The summed E-state index contributed by atoms with van der Waals surface area (Å²) in [5, 5.41) is 0. The van der Waals surface area contributed by atoms with Crippen molar-refractivity contribution >= 4 is 12.3 Å². The third-order valence-corrected chi connectivity index (χ3v) is 3.00. The second-order valence-electron chi connectivity index (χ2n) is 4.51. The Kier molecular flexibility index (Phi) is 6.41. The molecule has 0 bridgehead atoms. The molecule has 6 heteroatoms. The van der Waals surface area contributed by atoms with Crippen LogP contribution in [-0.2, 0) is 28.5 Å². The molecule has 0 aromatic carbocycles. The van der Waals surface area contributed by atoms with Gasteiger partial charge in [-0.25, -0.2) is 4.79 Å². The van der Waals surface area contributed by atoms with Gasteiger partial charge in [-0.05, 0) is 20.3 Å². The molecule has 3 atom stereocenters. The van der Waals surface area contributed by atoms with E-state index in [0.717, 1.165) is 6.29 Å². The second-order valence-corrected chi connectivity index (χ2v) is 4.51. The van der Waals surface area contributed by atoms with Crippen LogP contribution in [0.1, 0.15) is 33.6 Å². The summed E-state index contributed by atoms with van der Waals surface area (Å²) in [6.45, 7) is 6.05. The van der Waals surface area contributed by atoms with E-state index in [-0.39, 0.29) is 12.7 Å². The van der Waals surface area contributed by atoms with Crippen LogP contribution in [0.15, 0.2) is 0 Å². The summed E-state index contributed by atoms with van der Waals surface area (Å²) in [6.07, 6.45) is 1.01. The lowest BCUT2D eigenvalue weighted by Crippen LogP contribution is -2.26. The number of hydrogen-bond donors (Lipinski definition) is 0. The van der Waals surface area contributed by atoms with Crippen LogP contribution in [0.2, 0.25) is 0 Å². The Bertz CT molecular complexity index is 306. The maximum absolute atomic E-state index is 11.0. The summed E-state index contributed by atoms with van der Waals surface area (Å²) in [6, 6.07) is 0. The highest BCUT2D eigenvalue weighted by molar-refractivity contribution is 5.70. The number of rotatable bonds is 8. The van der Waals surface area contributed by atoms with Crippen molar-refractivity contribution in [2.45, 2.75) is 51.6 Å². The fraction of sp³-hybridized carbons (Fsp3) is 0.846. The number of carbonyl (C=O) groups is 2. The minimum atomic E-state index is -0.711.